The zero-order valence-electron chi connectivity index (χ0n) is 11.7. The molecule has 2 unspecified atom stereocenters. The standard InChI is InChI=1S/C14H24N2O3/c1-11(18)15-7-4-5-12(9-15)14(19)16-8-3-2-6-13(16)10-17/h12-13,17H,2-10H2,1H3. The van der Waals surface area contributed by atoms with Crippen LogP contribution in [0.5, 0.6) is 0 Å². The summed E-state index contributed by atoms with van der Waals surface area (Å²) in [5, 5.41) is 9.39. The van der Waals surface area contributed by atoms with Gasteiger partial charge in [0.1, 0.15) is 0 Å². The summed E-state index contributed by atoms with van der Waals surface area (Å²) in [5.41, 5.74) is 0. The van der Waals surface area contributed by atoms with Gasteiger partial charge in [-0.15, -0.1) is 0 Å². The van der Waals surface area contributed by atoms with Crippen molar-refractivity contribution in [2.75, 3.05) is 26.2 Å². The Bertz CT molecular complexity index is 346. The molecule has 0 aromatic heterocycles. The first kappa shape index (κ1) is 14.3. The summed E-state index contributed by atoms with van der Waals surface area (Å²) in [6, 6.07) is -0.0195. The van der Waals surface area contributed by atoms with Crippen LogP contribution in [0.2, 0.25) is 0 Å². The lowest BCUT2D eigenvalue weighted by molar-refractivity contribution is -0.144. The molecule has 5 heteroatoms. The number of likely N-dealkylation sites (tertiary alicyclic amines) is 2. The molecule has 0 spiro atoms. The number of hydrogen-bond acceptors (Lipinski definition) is 3. The molecule has 0 aliphatic carbocycles. The Balaban J connectivity index is 1.99. The molecule has 2 heterocycles. The van der Waals surface area contributed by atoms with Gasteiger partial charge < -0.3 is 14.9 Å². The van der Waals surface area contributed by atoms with E-state index in [4.69, 9.17) is 0 Å². The number of rotatable bonds is 2. The van der Waals surface area contributed by atoms with Gasteiger partial charge in [-0.1, -0.05) is 0 Å². The van der Waals surface area contributed by atoms with E-state index in [1.165, 1.54) is 0 Å². The minimum absolute atomic E-state index is 0.0195. The molecule has 5 nitrogen and oxygen atoms in total. The van der Waals surface area contributed by atoms with E-state index in [1.807, 2.05) is 4.90 Å². The number of amides is 2. The van der Waals surface area contributed by atoms with Crippen molar-refractivity contribution in [2.45, 2.75) is 45.1 Å². The Hall–Kier alpha value is -1.10. The van der Waals surface area contributed by atoms with E-state index in [-0.39, 0.29) is 30.4 Å². The minimum atomic E-state index is -0.0789. The molecule has 2 saturated heterocycles. The molecular weight excluding hydrogens is 244 g/mol. The maximum absolute atomic E-state index is 12.6. The molecule has 108 valence electrons. The van der Waals surface area contributed by atoms with Crippen LogP contribution in [0, 0.1) is 5.92 Å². The Morgan fingerprint density at radius 3 is 2.63 bits per heavy atom. The van der Waals surface area contributed by atoms with Crippen LogP contribution in [0.3, 0.4) is 0 Å². The fourth-order valence-corrected chi connectivity index (χ4v) is 3.18. The summed E-state index contributed by atoms with van der Waals surface area (Å²) in [7, 11) is 0. The molecule has 2 amide bonds. The van der Waals surface area contributed by atoms with Gasteiger partial charge >= 0.3 is 0 Å². The third-order valence-electron chi connectivity index (χ3n) is 4.34. The number of carbonyl (C=O) groups is 2. The van der Waals surface area contributed by atoms with E-state index < -0.39 is 0 Å². The molecule has 2 rings (SSSR count). The minimum Gasteiger partial charge on any atom is -0.394 e. The van der Waals surface area contributed by atoms with Gasteiger partial charge in [-0.05, 0) is 32.1 Å². The lowest BCUT2D eigenvalue weighted by Crippen LogP contribution is -2.51. The number of aliphatic hydroxyl groups is 1. The molecule has 0 saturated carbocycles. The van der Waals surface area contributed by atoms with E-state index in [0.717, 1.165) is 45.2 Å². The summed E-state index contributed by atoms with van der Waals surface area (Å²) < 4.78 is 0. The molecule has 0 aromatic carbocycles. The molecule has 0 radical (unpaired) electrons. The van der Waals surface area contributed by atoms with Crippen molar-refractivity contribution in [2.24, 2.45) is 5.92 Å². The average molecular weight is 268 g/mol. The topological polar surface area (TPSA) is 60.9 Å². The highest BCUT2D eigenvalue weighted by Crippen LogP contribution is 2.24. The quantitative estimate of drug-likeness (QED) is 0.798. The van der Waals surface area contributed by atoms with E-state index in [1.54, 1.807) is 11.8 Å². The highest BCUT2D eigenvalue weighted by molar-refractivity contribution is 5.81. The van der Waals surface area contributed by atoms with Crippen LogP contribution >= 0.6 is 0 Å². The van der Waals surface area contributed by atoms with Gasteiger partial charge in [0.25, 0.3) is 0 Å². The number of piperidine rings is 2. The van der Waals surface area contributed by atoms with Crippen molar-refractivity contribution in [3.05, 3.63) is 0 Å². The number of carbonyl (C=O) groups excluding carboxylic acids is 2. The predicted octanol–water partition coefficient (Wildman–Crippen LogP) is 0.618. The number of aliphatic hydroxyl groups excluding tert-OH is 1. The van der Waals surface area contributed by atoms with Crippen LogP contribution in [0.25, 0.3) is 0 Å². The van der Waals surface area contributed by atoms with Crippen LogP contribution in [0.15, 0.2) is 0 Å². The summed E-state index contributed by atoms with van der Waals surface area (Å²) in [5.74, 6) is 0.101. The Morgan fingerprint density at radius 2 is 1.95 bits per heavy atom. The van der Waals surface area contributed by atoms with Gasteiger partial charge in [-0.25, -0.2) is 0 Å². The van der Waals surface area contributed by atoms with Gasteiger partial charge in [0, 0.05) is 26.6 Å². The predicted molar refractivity (Wildman–Crippen MR) is 71.4 cm³/mol. The fourth-order valence-electron chi connectivity index (χ4n) is 3.18. The van der Waals surface area contributed by atoms with E-state index in [2.05, 4.69) is 0 Å². The van der Waals surface area contributed by atoms with Crippen molar-refractivity contribution in [3.63, 3.8) is 0 Å². The van der Waals surface area contributed by atoms with Gasteiger partial charge in [0.15, 0.2) is 0 Å². The van der Waals surface area contributed by atoms with Gasteiger partial charge in [0.2, 0.25) is 11.8 Å². The molecule has 0 aromatic rings. The monoisotopic (exact) mass is 268 g/mol. The van der Waals surface area contributed by atoms with Crippen LogP contribution < -0.4 is 0 Å². The second kappa shape index (κ2) is 6.37. The molecular formula is C14H24N2O3. The lowest BCUT2D eigenvalue weighted by atomic mass is 9.93. The lowest BCUT2D eigenvalue weighted by Gasteiger charge is -2.39. The van der Waals surface area contributed by atoms with Gasteiger partial charge in [-0.3, -0.25) is 9.59 Å². The van der Waals surface area contributed by atoms with Crippen LogP contribution in [-0.4, -0.2) is 59.0 Å². The highest BCUT2D eigenvalue weighted by atomic mass is 16.3. The van der Waals surface area contributed by atoms with Crippen molar-refractivity contribution in [3.8, 4) is 0 Å². The molecule has 2 aliphatic heterocycles. The third kappa shape index (κ3) is 3.26. The Labute approximate surface area is 114 Å². The molecule has 2 fully saturated rings. The number of nitrogens with zero attached hydrogens (tertiary/aromatic N) is 2. The summed E-state index contributed by atoms with van der Waals surface area (Å²) in [6.07, 6.45) is 4.75. The summed E-state index contributed by atoms with van der Waals surface area (Å²) in [4.78, 5) is 27.6. The second-order valence-corrected chi connectivity index (χ2v) is 5.67. The van der Waals surface area contributed by atoms with E-state index in [0.29, 0.717) is 6.54 Å². The van der Waals surface area contributed by atoms with Crippen LogP contribution in [-0.2, 0) is 9.59 Å². The SMILES string of the molecule is CC(=O)N1CCCC(C(=O)N2CCCCC2CO)C1. The fraction of sp³-hybridized carbons (Fsp3) is 0.857. The van der Waals surface area contributed by atoms with Crippen LogP contribution in [0.4, 0.5) is 0 Å². The Kier molecular flexibility index (Phi) is 4.80. The maximum atomic E-state index is 12.6. The Morgan fingerprint density at radius 1 is 1.16 bits per heavy atom. The number of hydrogen-bond donors (Lipinski definition) is 1. The molecule has 2 aliphatic rings. The molecule has 0 bridgehead atoms. The normalized spacial score (nSPS) is 28.3. The van der Waals surface area contributed by atoms with Crippen LogP contribution in [0.1, 0.15) is 39.0 Å². The first-order valence-corrected chi connectivity index (χ1v) is 7.30. The first-order valence-electron chi connectivity index (χ1n) is 7.30. The third-order valence-corrected chi connectivity index (χ3v) is 4.34. The van der Waals surface area contributed by atoms with Crippen molar-refractivity contribution in [1.29, 1.82) is 0 Å². The first-order chi connectivity index (χ1) is 9.13. The molecule has 1 N–H and O–H groups in total. The zero-order chi connectivity index (χ0) is 13.8. The second-order valence-electron chi connectivity index (χ2n) is 5.67. The highest BCUT2D eigenvalue weighted by Gasteiger charge is 2.34. The summed E-state index contributed by atoms with van der Waals surface area (Å²) >= 11 is 0. The van der Waals surface area contributed by atoms with Crippen molar-refractivity contribution < 1.29 is 14.7 Å². The molecule has 19 heavy (non-hydrogen) atoms. The average Bonchev–Trinajstić information content (AvgIpc) is 2.46. The summed E-state index contributed by atoms with van der Waals surface area (Å²) in [6.45, 7) is 3.67. The maximum Gasteiger partial charge on any atom is 0.227 e. The van der Waals surface area contributed by atoms with Gasteiger partial charge in [0.05, 0.1) is 18.6 Å². The van der Waals surface area contributed by atoms with E-state index in [9.17, 15) is 14.7 Å². The zero-order valence-corrected chi connectivity index (χ0v) is 11.7. The van der Waals surface area contributed by atoms with Crippen molar-refractivity contribution >= 4 is 11.8 Å². The van der Waals surface area contributed by atoms with Crippen molar-refractivity contribution in [1.82, 2.24) is 9.80 Å². The van der Waals surface area contributed by atoms with Gasteiger partial charge in [-0.2, -0.15) is 0 Å². The van der Waals surface area contributed by atoms with E-state index >= 15 is 0 Å². The molecule has 2 atom stereocenters. The smallest absolute Gasteiger partial charge is 0.227 e. The largest absolute Gasteiger partial charge is 0.394 e.